The van der Waals surface area contributed by atoms with Gasteiger partial charge in [0.05, 0.1) is 37.1 Å². The van der Waals surface area contributed by atoms with Gasteiger partial charge in [0.1, 0.15) is 23.1 Å². The van der Waals surface area contributed by atoms with Crippen LogP contribution in [0.15, 0.2) is 47.3 Å². The summed E-state index contributed by atoms with van der Waals surface area (Å²) in [6, 6.07) is 14.3. The average molecular weight is 506 g/mol. The van der Waals surface area contributed by atoms with Crippen molar-refractivity contribution in [1.29, 1.82) is 5.26 Å². The van der Waals surface area contributed by atoms with E-state index in [-0.39, 0.29) is 29.6 Å². The summed E-state index contributed by atoms with van der Waals surface area (Å²) < 4.78 is 26.8. The van der Waals surface area contributed by atoms with E-state index in [9.17, 15) is 14.4 Å². The normalized spacial score (nSPS) is 21.9. The van der Waals surface area contributed by atoms with Crippen LogP contribution in [-0.4, -0.2) is 61.2 Å². The molecule has 3 heterocycles. The van der Waals surface area contributed by atoms with Crippen molar-refractivity contribution in [3.05, 3.63) is 64.3 Å². The van der Waals surface area contributed by atoms with Gasteiger partial charge in [-0.25, -0.2) is 9.37 Å². The third-order valence-electron chi connectivity index (χ3n) is 7.66. The van der Waals surface area contributed by atoms with Crippen LogP contribution in [-0.2, 0) is 16.5 Å². The first-order valence-corrected chi connectivity index (χ1v) is 12.8. The summed E-state index contributed by atoms with van der Waals surface area (Å²) in [5, 5.41) is 9.37. The Morgan fingerprint density at radius 2 is 1.84 bits per heavy atom. The second-order valence-electron chi connectivity index (χ2n) is 9.87. The molecule has 8 nitrogen and oxygen atoms in total. The first kappa shape index (κ1) is 25.2. The standard InChI is InChI=1S/C28H32FN5O3/c1-32(26-15-27(35)33(2)25-12-5-20(16-30)31-28(25)26)21-8-10-23(11-9-21)34(17-24-18-36-13-14-37-24)22-6-3-19(29)4-7-22/h3-7,12,15,21,23-24H,8-11,13-14,17-18H2,1-2H3. The maximum atomic E-state index is 13.6. The molecule has 0 spiro atoms. The van der Waals surface area contributed by atoms with Crippen molar-refractivity contribution < 1.29 is 13.9 Å². The monoisotopic (exact) mass is 505 g/mol. The van der Waals surface area contributed by atoms with Gasteiger partial charge in [0.25, 0.3) is 5.56 Å². The molecular weight excluding hydrogens is 473 g/mol. The quantitative estimate of drug-likeness (QED) is 0.506. The second kappa shape index (κ2) is 10.9. The molecule has 3 aromatic rings. The number of fused-ring (bicyclic) bond motifs is 1. The number of nitrogens with zero attached hydrogens (tertiary/aromatic N) is 5. The second-order valence-corrected chi connectivity index (χ2v) is 9.87. The SMILES string of the molecule is CN(c1cc(=O)n(C)c2ccc(C#N)nc12)C1CCC(N(CC2COCCO2)c2ccc(F)cc2)CC1. The Balaban J connectivity index is 1.36. The molecule has 1 aromatic carbocycles. The van der Waals surface area contributed by atoms with Gasteiger partial charge in [0.15, 0.2) is 0 Å². The summed E-state index contributed by atoms with van der Waals surface area (Å²) >= 11 is 0. The molecule has 2 aromatic heterocycles. The fraction of sp³-hybridized carbons (Fsp3) is 0.464. The fourth-order valence-electron chi connectivity index (χ4n) is 5.56. The van der Waals surface area contributed by atoms with Crippen LogP contribution in [0, 0.1) is 17.1 Å². The molecule has 9 heteroatoms. The Labute approximate surface area is 215 Å². The number of ether oxygens (including phenoxy) is 2. The summed E-state index contributed by atoms with van der Waals surface area (Å²) in [5.74, 6) is -0.249. The Morgan fingerprint density at radius 3 is 2.51 bits per heavy atom. The first-order chi connectivity index (χ1) is 17.9. The molecule has 2 aliphatic rings. The summed E-state index contributed by atoms with van der Waals surface area (Å²) in [6.45, 7) is 2.46. The van der Waals surface area contributed by atoms with Crippen LogP contribution in [0.5, 0.6) is 0 Å². The van der Waals surface area contributed by atoms with Crippen LogP contribution in [0.1, 0.15) is 31.4 Å². The number of aryl methyl sites for hydroxylation is 1. The van der Waals surface area contributed by atoms with Crippen molar-refractivity contribution >= 4 is 22.4 Å². The predicted octanol–water partition coefficient (Wildman–Crippen LogP) is 3.61. The highest BCUT2D eigenvalue weighted by molar-refractivity contribution is 5.88. The average Bonchev–Trinajstić information content (AvgIpc) is 2.94. The molecule has 1 atom stereocenters. The Kier molecular flexibility index (Phi) is 7.40. The van der Waals surface area contributed by atoms with Crippen LogP contribution in [0.4, 0.5) is 15.8 Å². The molecule has 194 valence electrons. The highest BCUT2D eigenvalue weighted by Gasteiger charge is 2.31. The van der Waals surface area contributed by atoms with Crippen molar-refractivity contribution in [1.82, 2.24) is 9.55 Å². The highest BCUT2D eigenvalue weighted by atomic mass is 19.1. The molecule has 0 radical (unpaired) electrons. The van der Waals surface area contributed by atoms with Gasteiger partial charge in [-0.2, -0.15) is 5.26 Å². The number of anilines is 2. The Morgan fingerprint density at radius 1 is 1.11 bits per heavy atom. The van der Waals surface area contributed by atoms with Gasteiger partial charge >= 0.3 is 0 Å². The van der Waals surface area contributed by atoms with Crippen molar-refractivity contribution in [2.75, 3.05) is 43.2 Å². The molecule has 0 N–H and O–H groups in total. The van der Waals surface area contributed by atoms with E-state index in [2.05, 4.69) is 20.9 Å². The van der Waals surface area contributed by atoms with E-state index in [0.29, 0.717) is 43.1 Å². The molecule has 5 rings (SSSR count). The number of benzene rings is 1. The number of nitriles is 1. The lowest BCUT2D eigenvalue weighted by Crippen LogP contribution is -2.48. The van der Waals surface area contributed by atoms with Crippen LogP contribution in [0.25, 0.3) is 11.0 Å². The molecule has 1 aliphatic heterocycles. The van der Waals surface area contributed by atoms with Crippen molar-refractivity contribution in [2.45, 2.75) is 43.9 Å². The Hall–Kier alpha value is -3.48. The van der Waals surface area contributed by atoms with Gasteiger partial charge in [0, 0.05) is 44.5 Å². The molecule has 1 saturated carbocycles. The minimum Gasteiger partial charge on any atom is -0.376 e. The van der Waals surface area contributed by atoms with Crippen LogP contribution in [0.3, 0.4) is 0 Å². The number of hydrogen-bond donors (Lipinski definition) is 0. The minimum absolute atomic E-state index is 0.0218. The van der Waals surface area contributed by atoms with E-state index in [1.54, 1.807) is 29.8 Å². The third-order valence-corrected chi connectivity index (χ3v) is 7.66. The summed E-state index contributed by atoms with van der Waals surface area (Å²) in [7, 11) is 3.73. The number of rotatable bonds is 6. The largest absolute Gasteiger partial charge is 0.376 e. The lowest BCUT2D eigenvalue weighted by molar-refractivity contribution is -0.0846. The van der Waals surface area contributed by atoms with Crippen LogP contribution in [0.2, 0.25) is 0 Å². The van der Waals surface area contributed by atoms with E-state index in [0.717, 1.165) is 37.1 Å². The fourth-order valence-corrected chi connectivity index (χ4v) is 5.56. The zero-order chi connectivity index (χ0) is 25.9. The molecule has 0 bridgehead atoms. The lowest BCUT2D eigenvalue weighted by Gasteiger charge is -2.42. The maximum absolute atomic E-state index is 13.6. The molecule has 1 unspecified atom stereocenters. The van der Waals surface area contributed by atoms with Gasteiger partial charge in [-0.3, -0.25) is 4.79 Å². The highest BCUT2D eigenvalue weighted by Crippen LogP contribution is 2.33. The van der Waals surface area contributed by atoms with Gasteiger partial charge < -0.3 is 23.8 Å². The lowest BCUT2D eigenvalue weighted by atomic mass is 9.88. The summed E-state index contributed by atoms with van der Waals surface area (Å²) in [4.78, 5) is 21.7. The zero-order valence-corrected chi connectivity index (χ0v) is 21.3. The summed E-state index contributed by atoms with van der Waals surface area (Å²) in [6.07, 6.45) is 3.72. The molecule has 1 saturated heterocycles. The minimum atomic E-state index is -0.249. The maximum Gasteiger partial charge on any atom is 0.252 e. The van der Waals surface area contributed by atoms with Gasteiger partial charge in [-0.15, -0.1) is 0 Å². The molecule has 1 aliphatic carbocycles. The smallest absolute Gasteiger partial charge is 0.252 e. The van der Waals surface area contributed by atoms with Gasteiger partial charge in [-0.05, 0) is 62.1 Å². The van der Waals surface area contributed by atoms with E-state index < -0.39 is 0 Å². The number of halogens is 1. The predicted molar refractivity (Wildman–Crippen MR) is 140 cm³/mol. The van der Waals surface area contributed by atoms with E-state index in [4.69, 9.17) is 9.47 Å². The molecule has 0 amide bonds. The Bertz CT molecular complexity index is 1340. The number of hydrogen-bond acceptors (Lipinski definition) is 7. The number of aromatic nitrogens is 2. The van der Waals surface area contributed by atoms with Crippen LogP contribution >= 0.6 is 0 Å². The first-order valence-electron chi connectivity index (χ1n) is 12.8. The molecule has 37 heavy (non-hydrogen) atoms. The van der Waals surface area contributed by atoms with Crippen molar-refractivity contribution in [3.8, 4) is 6.07 Å². The van der Waals surface area contributed by atoms with Crippen LogP contribution < -0.4 is 15.4 Å². The van der Waals surface area contributed by atoms with E-state index in [1.165, 1.54) is 12.1 Å². The molecule has 2 fully saturated rings. The van der Waals surface area contributed by atoms with Gasteiger partial charge in [0.2, 0.25) is 0 Å². The summed E-state index contributed by atoms with van der Waals surface area (Å²) in [5.41, 5.74) is 3.33. The van der Waals surface area contributed by atoms with Gasteiger partial charge in [-0.1, -0.05) is 0 Å². The molecular formula is C28H32FN5O3. The van der Waals surface area contributed by atoms with E-state index >= 15 is 0 Å². The zero-order valence-electron chi connectivity index (χ0n) is 21.3. The topological polar surface area (TPSA) is 83.6 Å². The van der Waals surface area contributed by atoms with Crippen molar-refractivity contribution in [3.63, 3.8) is 0 Å². The van der Waals surface area contributed by atoms with E-state index in [1.807, 2.05) is 19.2 Å². The van der Waals surface area contributed by atoms with Crippen molar-refractivity contribution in [2.24, 2.45) is 7.05 Å². The third kappa shape index (κ3) is 5.31. The number of pyridine rings is 2.